The maximum atomic E-state index is 11.4. The van der Waals surface area contributed by atoms with Crippen molar-refractivity contribution in [2.45, 2.75) is 25.1 Å². The van der Waals surface area contributed by atoms with Crippen molar-refractivity contribution in [3.63, 3.8) is 0 Å². The molecule has 3 amide bonds. The van der Waals surface area contributed by atoms with Crippen LogP contribution in [-0.2, 0) is 0 Å². The summed E-state index contributed by atoms with van der Waals surface area (Å²) in [7, 11) is 0. The van der Waals surface area contributed by atoms with Gasteiger partial charge in [0.05, 0.1) is 0 Å². The topological polar surface area (TPSA) is 49.4 Å². The van der Waals surface area contributed by atoms with Crippen LogP contribution >= 0.6 is 0 Å². The Bertz CT molecular complexity index is 208. The van der Waals surface area contributed by atoms with Gasteiger partial charge < -0.3 is 0 Å². The average Bonchev–Trinajstić information content (AvgIpc) is 2.52. The Hall–Kier alpha value is -0.541. The van der Waals surface area contributed by atoms with Gasteiger partial charge in [-0.3, -0.25) is 0 Å². The molecular weight excluding hydrogens is 235 g/mol. The molecule has 0 aromatic heterocycles. The summed E-state index contributed by atoms with van der Waals surface area (Å²) in [6.45, 7) is 3.25. The fraction of sp³-hybridized carbons (Fsp3) is 0.750. The molecular formula is C8H14N2O2Se. The summed E-state index contributed by atoms with van der Waals surface area (Å²) in [5, 5.41) is 3.57. The van der Waals surface area contributed by atoms with Crippen molar-refractivity contribution < 1.29 is 9.59 Å². The number of carbonyl (C=O) groups excluding carboxylic acids is 2. The third kappa shape index (κ3) is 3.01. The van der Waals surface area contributed by atoms with Crippen molar-refractivity contribution in [1.82, 2.24) is 10.2 Å². The molecule has 1 saturated heterocycles. The molecule has 1 N–H and O–H groups in total. The fourth-order valence-corrected chi connectivity index (χ4v) is 2.99. The molecule has 0 atom stereocenters. The molecule has 0 aliphatic carbocycles. The van der Waals surface area contributed by atoms with Gasteiger partial charge >= 0.3 is 83.8 Å². The van der Waals surface area contributed by atoms with Gasteiger partial charge in [0.25, 0.3) is 0 Å². The van der Waals surface area contributed by atoms with Crippen molar-refractivity contribution in [2.24, 2.45) is 0 Å². The van der Waals surface area contributed by atoms with E-state index >= 15 is 0 Å². The van der Waals surface area contributed by atoms with Crippen LogP contribution in [0.5, 0.6) is 0 Å². The summed E-state index contributed by atoms with van der Waals surface area (Å²) in [5.41, 5.74) is 0. The molecule has 1 fully saturated rings. The number of carbonyl (C=O) groups is 2. The van der Waals surface area contributed by atoms with Gasteiger partial charge in [0, 0.05) is 0 Å². The molecule has 1 rings (SSSR count). The molecule has 0 bridgehead atoms. The van der Waals surface area contributed by atoms with Crippen LogP contribution < -0.4 is 5.32 Å². The molecule has 4 nitrogen and oxygen atoms in total. The second-order valence-electron chi connectivity index (χ2n) is 2.85. The number of hydrogen-bond acceptors (Lipinski definition) is 2. The zero-order valence-electron chi connectivity index (χ0n) is 7.71. The summed E-state index contributed by atoms with van der Waals surface area (Å²) in [6, 6.07) is -0.219. The van der Waals surface area contributed by atoms with E-state index in [1.165, 1.54) is 4.90 Å². The molecule has 0 spiro atoms. The number of nitrogens with one attached hydrogen (secondary N) is 1. The van der Waals surface area contributed by atoms with Crippen molar-refractivity contribution >= 4 is 25.8 Å². The summed E-state index contributed by atoms with van der Waals surface area (Å²) in [4.78, 5) is 23.8. The number of nitrogens with zero attached hydrogens (tertiary/aromatic N) is 1. The molecule has 0 aromatic carbocycles. The first-order valence-corrected chi connectivity index (χ1v) is 6.54. The quantitative estimate of drug-likeness (QED) is 0.598. The first kappa shape index (κ1) is 10.5. The number of unbranched alkanes of at least 4 members (excludes halogenated alkanes) is 1. The Labute approximate surface area is 84.2 Å². The normalized spacial score (nSPS) is 16.1. The molecule has 1 aliphatic rings. The standard InChI is InChI=1S/C8H14N2O2Se/c1-2-3-6-13-8(12)10-5-4-9-7(10)11/h2-6H2,1H3,(H,9,11). The van der Waals surface area contributed by atoms with Gasteiger partial charge in [-0.05, 0) is 0 Å². The number of hydrogen-bond donors (Lipinski definition) is 1. The van der Waals surface area contributed by atoms with E-state index in [0.29, 0.717) is 13.1 Å². The fourth-order valence-electron chi connectivity index (χ4n) is 1.03. The van der Waals surface area contributed by atoms with Crippen LogP contribution in [0.3, 0.4) is 0 Å². The van der Waals surface area contributed by atoms with Gasteiger partial charge in [0.15, 0.2) is 0 Å². The zero-order valence-corrected chi connectivity index (χ0v) is 9.42. The van der Waals surface area contributed by atoms with E-state index in [4.69, 9.17) is 0 Å². The van der Waals surface area contributed by atoms with E-state index in [9.17, 15) is 9.59 Å². The summed E-state index contributed by atoms with van der Waals surface area (Å²) in [6.07, 6.45) is 2.20. The Morgan fingerprint density at radius 2 is 2.46 bits per heavy atom. The zero-order chi connectivity index (χ0) is 9.68. The molecule has 13 heavy (non-hydrogen) atoms. The predicted octanol–water partition coefficient (Wildman–Crippen LogP) is 1.05. The Balaban J connectivity index is 2.26. The first-order valence-electron chi connectivity index (χ1n) is 4.48. The Morgan fingerprint density at radius 3 is 3.00 bits per heavy atom. The Kier molecular flexibility index (Phi) is 4.25. The molecule has 0 aromatic rings. The van der Waals surface area contributed by atoms with E-state index in [1.54, 1.807) is 0 Å². The second kappa shape index (κ2) is 5.25. The summed E-state index contributed by atoms with van der Waals surface area (Å²) in [5.74, 6) is 0. The predicted molar refractivity (Wildman–Crippen MR) is 51.0 cm³/mol. The minimum atomic E-state index is -0.219. The maximum absolute atomic E-state index is 11.4. The van der Waals surface area contributed by atoms with Gasteiger partial charge in [-0.25, -0.2) is 0 Å². The minimum absolute atomic E-state index is 0.0240. The van der Waals surface area contributed by atoms with Crippen molar-refractivity contribution in [3.8, 4) is 0 Å². The van der Waals surface area contributed by atoms with Crippen LogP contribution in [0.1, 0.15) is 19.8 Å². The van der Waals surface area contributed by atoms with Gasteiger partial charge in [0.2, 0.25) is 0 Å². The van der Waals surface area contributed by atoms with Crippen LogP contribution in [0.4, 0.5) is 9.59 Å². The van der Waals surface area contributed by atoms with Gasteiger partial charge in [-0.2, -0.15) is 0 Å². The van der Waals surface area contributed by atoms with E-state index in [0.717, 1.165) is 18.2 Å². The van der Waals surface area contributed by atoms with Crippen LogP contribution in [0.15, 0.2) is 0 Å². The van der Waals surface area contributed by atoms with Crippen molar-refractivity contribution in [2.75, 3.05) is 13.1 Å². The van der Waals surface area contributed by atoms with Gasteiger partial charge in [0.1, 0.15) is 0 Å². The monoisotopic (exact) mass is 250 g/mol. The third-order valence-corrected chi connectivity index (χ3v) is 3.82. The van der Waals surface area contributed by atoms with Crippen molar-refractivity contribution in [1.29, 1.82) is 0 Å². The summed E-state index contributed by atoms with van der Waals surface area (Å²) >= 11 is -0.0440. The molecule has 1 heterocycles. The molecule has 0 unspecified atom stereocenters. The SMILES string of the molecule is CCCC[Se]C(=O)N1CCNC1=O. The number of amides is 3. The number of urea groups is 1. The second-order valence-corrected chi connectivity index (χ2v) is 5.05. The molecule has 0 radical (unpaired) electrons. The van der Waals surface area contributed by atoms with E-state index in [-0.39, 0.29) is 25.8 Å². The van der Waals surface area contributed by atoms with E-state index in [1.807, 2.05) is 0 Å². The molecule has 1 aliphatic heterocycles. The van der Waals surface area contributed by atoms with Crippen LogP contribution in [0, 0.1) is 0 Å². The summed E-state index contributed by atoms with van der Waals surface area (Å²) < 4.78 is 0. The first-order chi connectivity index (χ1) is 6.25. The van der Waals surface area contributed by atoms with E-state index < -0.39 is 0 Å². The number of imide groups is 1. The van der Waals surface area contributed by atoms with Crippen LogP contribution in [-0.4, -0.2) is 43.8 Å². The molecule has 5 heteroatoms. The van der Waals surface area contributed by atoms with Crippen molar-refractivity contribution in [3.05, 3.63) is 0 Å². The van der Waals surface area contributed by atoms with Crippen LogP contribution in [0.25, 0.3) is 0 Å². The third-order valence-electron chi connectivity index (χ3n) is 1.80. The van der Waals surface area contributed by atoms with Crippen LogP contribution in [0.2, 0.25) is 5.32 Å². The molecule has 74 valence electrons. The van der Waals surface area contributed by atoms with Gasteiger partial charge in [-0.1, -0.05) is 0 Å². The van der Waals surface area contributed by atoms with Gasteiger partial charge in [-0.15, -0.1) is 0 Å². The Morgan fingerprint density at radius 1 is 1.69 bits per heavy atom. The molecule has 0 saturated carbocycles. The average molecular weight is 249 g/mol. The number of rotatable bonds is 4. The van der Waals surface area contributed by atoms with E-state index in [2.05, 4.69) is 12.2 Å².